The predicted octanol–water partition coefficient (Wildman–Crippen LogP) is 5.86. The third kappa shape index (κ3) is 4.18. The average molecular weight is 500 g/mol. The fourth-order valence-corrected chi connectivity index (χ4v) is 6.12. The van der Waals surface area contributed by atoms with Crippen LogP contribution < -0.4 is 0 Å². The minimum absolute atomic E-state index is 0.00898. The van der Waals surface area contributed by atoms with Crippen molar-refractivity contribution in [1.29, 1.82) is 0 Å². The lowest BCUT2D eigenvalue weighted by molar-refractivity contribution is -0.238. The van der Waals surface area contributed by atoms with E-state index in [1.54, 1.807) is 18.6 Å². The molecule has 0 bridgehead atoms. The number of nitrogens with zero attached hydrogens (tertiary/aromatic N) is 3. The van der Waals surface area contributed by atoms with Crippen molar-refractivity contribution >= 4 is 5.90 Å². The number of benzene rings is 2. The molecule has 0 saturated carbocycles. The number of furan rings is 1. The van der Waals surface area contributed by atoms with Crippen molar-refractivity contribution in [2.75, 3.05) is 13.1 Å². The standard InChI is InChI=1S/C31H37N3O3/c1-4-13-25-18-20-34-30(26-16-11-8-12-17-26,28(25)33(5-2)6-3)29(32-22-24-14-9-7-10-15-24)37-31(34,35)27-19-21-36-23-27/h7-12,14-21,23,25,28,35H,4-6,13,22H2,1-3H3/t25-,28+,30+,31?/m1/s1. The Morgan fingerprint density at radius 2 is 1.65 bits per heavy atom. The number of aliphatic imine (C=N–C) groups is 1. The van der Waals surface area contributed by atoms with Crippen molar-refractivity contribution < 1.29 is 14.3 Å². The van der Waals surface area contributed by atoms with Crippen molar-refractivity contribution in [2.24, 2.45) is 10.9 Å². The molecule has 5 rings (SSSR count). The van der Waals surface area contributed by atoms with Gasteiger partial charge in [-0.25, -0.2) is 4.99 Å². The van der Waals surface area contributed by atoms with Gasteiger partial charge in [0.2, 0.25) is 5.90 Å². The molecular weight excluding hydrogens is 462 g/mol. The van der Waals surface area contributed by atoms with Crippen LogP contribution in [-0.4, -0.2) is 39.9 Å². The Morgan fingerprint density at radius 3 is 2.27 bits per heavy atom. The van der Waals surface area contributed by atoms with E-state index in [1.807, 2.05) is 35.4 Å². The van der Waals surface area contributed by atoms with Gasteiger partial charge in [0, 0.05) is 6.20 Å². The molecule has 194 valence electrons. The molecule has 1 fully saturated rings. The van der Waals surface area contributed by atoms with Gasteiger partial charge in [-0.3, -0.25) is 9.80 Å². The van der Waals surface area contributed by atoms with E-state index >= 15 is 0 Å². The Morgan fingerprint density at radius 1 is 0.946 bits per heavy atom. The number of hydrogen-bond donors (Lipinski definition) is 1. The zero-order chi connectivity index (χ0) is 25.9. The molecule has 1 N–H and O–H groups in total. The van der Waals surface area contributed by atoms with Gasteiger partial charge in [0.15, 0.2) is 5.54 Å². The second kappa shape index (κ2) is 10.6. The van der Waals surface area contributed by atoms with E-state index in [0.717, 1.165) is 37.1 Å². The van der Waals surface area contributed by atoms with Crippen molar-refractivity contribution in [3.63, 3.8) is 0 Å². The first kappa shape index (κ1) is 25.3. The van der Waals surface area contributed by atoms with Gasteiger partial charge in [-0.1, -0.05) is 93.9 Å². The van der Waals surface area contributed by atoms with Crippen molar-refractivity contribution in [1.82, 2.24) is 9.80 Å². The van der Waals surface area contributed by atoms with Gasteiger partial charge in [-0.2, -0.15) is 0 Å². The molecule has 37 heavy (non-hydrogen) atoms. The lowest BCUT2D eigenvalue weighted by atomic mass is 9.71. The molecule has 3 heterocycles. The highest BCUT2D eigenvalue weighted by atomic mass is 16.7. The number of ether oxygens (including phenoxy) is 1. The van der Waals surface area contributed by atoms with Gasteiger partial charge >= 0.3 is 5.91 Å². The summed E-state index contributed by atoms with van der Waals surface area (Å²) in [6, 6.07) is 22.3. The highest BCUT2D eigenvalue weighted by Crippen LogP contribution is 2.55. The van der Waals surface area contributed by atoms with Crippen LogP contribution in [0.1, 0.15) is 50.3 Å². The second-order valence-electron chi connectivity index (χ2n) is 9.79. The van der Waals surface area contributed by atoms with Gasteiger partial charge in [0.25, 0.3) is 0 Å². The average Bonchev–Trinajstić information content (AvgIpc) is 3.57. The topological polar surface area (TPSA) is 61.4 Å². The van der Waals surface area contributed by atoms with E-state index < -0.39 is 11.4 Å². The predicted molar refractivity (Wildman–Crippen MR) is 145 cm³/mol. The number of aliphatic hydroxyl groups is 1. The number of hydrogen-bond acceptors (Lipinski definition) is 6. The molecule has 2 aromatic carbocycles. The molecule has 0 spiro atoms. The number of likely N-dealkylation sites (N-methyl/N-ethyl adjacent to an activating group) is 1. The van der Waals surface area contributed by atoms with Crippen LogP contribution in [0.3, 0.4) is 0 Å². The van der Waals surface area contributed by atoms with Gasteiger partial charge in [-0.15, -0.1) is 0 Å². The van der Waals surface area contributed by atoms with E-state index in [4.69, 9.17) is 14.1 Å². The quantitative estimate of drug-likeness (QED) is 0.399. The van der Waals surface area contributed by atoms with Crippen LogP contribution in [0.25, 0.3) is 0 Å². The summed E-state index contributed by atoms with van der Waals surface area (Å²) in [6.07, 6.45) is 9.45. The maximum atomic E-state index is 12.3. The molecule has 0 aliphatic carbocycles. The monoisotopic (exact) mass is 499 g/mol. The summed E-state index contributed by atoms with van der Waals surface area (Å²) in [5.74, 6) is -0.996. The molecule has 4 atom stereocenters. The first-order valence-corrected chi connectivity index (χ1v) is 13.4. The maximum absolute atomic E-state index is 12.3. The molecule has 2 aliphatic rings. The summed E-state index contributed by atoms with van der Waals surface area (Å²) in [4.78, 5) is 9.59. The fourth-order valence-electron chi connectivity index (χ4n) is 6.12. The molecule has 1 saturated heterocycles. The zero-order valence-corrected chi connectivity index (χ0v) is 22.0. The Hall–Kier alpha value is -3.35. The molecule has 0 amide bonds. The van der Waals surface area contributed by atoms with Gasteiger partial charge in [-0.05, 0) is 42.6 Å². The van der Waals surface area contributed by atoms with E-state index in [9.17, 15) is 5.11 Å². The SMILES string of the molecule is CCC[C@@H]1C=CN2C(O)(c3ccoc3)OC(=NCc3ccccc3)[C@]2(c2ccccc2)[C@H]1N(CC)CC. The molecular formula is C31H37N3O3. The third-order valence-corrected chi connectivity index (χ3v) is 7.77. The molecule has 2 aliphatic heterocycles. The molecule has 6 nitrogen and oxygen atoms in total. The molecule has 1 unspecified atom stereocenters. The van der Waals surface area contributed by atoms with Crippen LogP contribution in [0.2, 0.25) is 0 Å². The largest absolute Gasteiger partial charge is 0.472 e. The molecule has 3 aromatic rings. The van der Waals surface area contributed by atoms with E-state index in [-0.39, 0.29) is 12.0 Å². The van der Waals surface area contributed by atoms with Crippen LogP contribution in [0.4, 0.5) is 0 Å². The van der Waals surface area contributed by atoms with Crippen LogP contribution in [0, 0.1) is 5.92 Å². The Kier molecular flexibility index (Phi) is 7.22. The first-order valence-electron chi connectivity index (χ1n) is 13.4. The zero-order valence-electron chi connectivity index (χ0n) is 22.0. The number of rotatable bonds is 9. The van der Waals surface area contributed by atoms with E-state index in [2.05, 4.69) is 68.1 Å². The Bertz CT molecular complexity index is 1210. The molecule has 1 aromatic heterocycles. The van der Waals surface area contributed by atoms with Crippen molar-refractivity contribution in [3.05, 3.63) is 108 Å². The molecule has 6 heteroatoms. The maximum Gasteiger partial charge on any atom is 0.326 e. The van der Waals surface area contributed by atoms with E-state index in [1.165, 1.54) is 0 Å². The summed E-state index contributed by atoms with van der Waals surface area (Å²) in [5.41, 5.74) is 1.82. The lowest BCUT2D eigenvalue weighted by Gasteiger charge is -2.53. The minimum atomic E-state index is -1.77. The van der Waals surface area contributed by atoms with Crippen LogP contribution in [0.5, 0.6) is 0 Å². The fraction of sp³-hybridized carbons (Fsp3) is 0.387. The Labute approximate surface area is 219 Å². The van der Waals surface area contributed by atoms with E-state index in [0.29, 0.717) is 18.0 Å². The number of fused-ring (bicyclic) bond motifs is 1. The summed E-state index contributed by atoms with van der Waals surface area (Å²) >= 11 is 0. The normalized spacial score (nSPS) is 28.0. The summed E-state index contributed by atoms with van der Waals surface area (Å²) in [5, 5.41) is 12.3. The van der Waals surface area contributed by atoms with Gasteiger partial charge in [0.05, 0.1) is 24.4 Å². The summed E-state index contributed by atoms with van der Waals surface area (Å²) in [7, 11) is 0. The Balaban J connectivity index is 1.79. The highest BCUT2D eigenvalue weighted by Gasteiger charge is 2.68. The third-order valence-electron chi connectivity index (χ3n) is 7.77. The summed E-state index contributed by atoms with van der Waals surface area (Å²) in [6.45, 7) is 8.82. The van der Waals surface area contributed by atoms with Gasteiger partial charge in [0.1, 0.15) is 6.26 Å². The van der Waals surface area contributed by atoms with Gasteiger partial charge < -0.3 is 14.3 Å². The smallest absolute Gasteiger partial charge is 0.326 e. The van der Waals surface area contributed by atoms with Crippen LogP contribution >= 0.6 is 0 Å². The minimum Gasteiger partial charge on any atom is -0.472 e. The lowest BCUT2D eigenvalue weighted by Crippen LogP contribution is -2.65. The van der Waals surface area contributed by atoms with Crippen molar-refractivity contribution in [3.8, 4) is 0 Å². The first-order chi connectivity index (χ1) is 18.1. The van der Waals surface area contributed by atoms with Crippen LogP contribution in [-0.2, 0) is 22.7 Å². The summed E-state index contributed by atoms with van der Waals surface area (Å²) < 4.78 is 12.0. The second-order valence-corrected chi connectivity index (χ2v) is 9.79. The molecule has 0 radical (unpaired) electrons. The van der Waals surface area contributed by atoms with Crippen molar-refractivity contribution in [2.45, 2.75) is 57.6 Å². The highest BCUT2D eigenvalue weighted by molar-refractivity contribution is 5.92. The van der Waals surface area contributed by atoms with Crippen LogP contribution in [0.15, 0.2) is 101 Å².